The molecule has 18 heavy (non-hydrogen) atoms. The van der Waals surface area contributed by atoms with E-state index in [2.05, 4.69) is 0 Å². The number of hydrogen-bond acceptors (Lipinski definition) is 4. The molecule has 1 aromatic rings. The van der Waals surface area contributed by atoms with Crippen molar-refractivity contribution in [3.63, 3.8) is 0 Å². The molecule has 5 nitrogen and oxygen atoms in total. The van der Waals surface area contributed by atoms with Crippen molar-refractivity contribution in [3.8, 4) is 11.5 Å². The second-order valence-corrected chi connectivity index (χ2v) is 4.26. The number of methoxy groups -OCH3 is 2. The van der Waals surface area contributed by atoms with Crippen LogP contribution in [-0.2, 0) is 0 Å². The zero-order valence-corrected chi connectivity index (χ0v) is 10.5. The highest BCUT2D eigenvalue weighted by Crippen LogP contribution is 2.28. The monoisotopic (exact) mass is 251 g/mol. The van der Waals surface area contributed by atoms with Crippen molar-refractivity contribution in [2.75, 3.05) is 27.3 Å². The Balaban J connectivity index is 2.20. The first-order valence-corrected chi connectivity index (χ1v) is 5.85. The summed E-state index contributed by atoms with van der Waals surface area (Å²) in [6.07, 6.45) is 0.230. The third-order valence-corrected chi connectivity index (χ3v) is 3.08. The topological polar surface area (TPSA) is 59.0 Å². The molecule has 0 aromatic heterocycles. The smallest absolute Gasteiger partial charge is 0.254 e. The van der Waals surface area contributed by atoms with Gasteiger partial charge in [0.2, 0.25) is 0 Å². The van der Waals surface area contributed by atoms with Crippen LogP contribution in [0.1, 0.15) is 16.8 Å². The molecule has 98 valence electrons. The number of amides is 1. The lowest BCUT2D eigenvalue weighted by Gasteiger charge is -2.16. The van der Waals surface area contributed by atoms with E-state index in [1.54, 1.807) is 30.2 Å². The normalized spacial score (nSPS) is 18.8. The van der Waals surface area contributed by atoms with Gasteiger partial charge < -0.3 is 19.5 Å². The van der Waals surface area contributed by atoms with Crippen LogP contribution in [0.3, 0.4) is 0 Å². The zero-order chi connectivity index (χ0) is 13.1. The highest BCUT2D eigenvalue weighted by molar-refractivity contribution is 5.95. The van der Waals surface area contributed by atoms with Crippen LogP contribution in [0.25, 0.3) is 0 Å². The van der Waals surface area contributed by atoms with Gasteiger partial charge in [0, 0.05) is 18.7 Å². The molecule has 1 aromatic carbocycles. The Labute approximate surface area is 106 Å². The molecule has 1 fully saturated rings. The first-order chi connectivity index (χ1) is 8.65. The largest absolute Gasteiger partial charge is 0.493 e. The second kappa shape index (κ2) is 5.27. The zero-order valence-electron chi connectivity index (χ0n) is 10.5. The molecular weight excluding hydrogens is 234 g/mol. The Morgan fingerprint density at radius 2 is 2.06 bits per heavy atom. The van der Waals surface area contributed by atoms with E-state index in [-0.39, 0.29) is 5.91 Å². The standard InChI is InChI=1S/C13H17NO4/c1-17-11-4-3-9(7-12(11)18-2)13(16)14-6-5-10(15)8-14/h3-4,7,10,15H,5-6,8H2,1-2H3/t10-/m0/s1. The Hall–Kier alpha value is -1.75. The Morgan fingerprint density at radius 1 is 1.33 bits per heavy atom. The van der Waals surface area contributed by atoms with Gasteiger partial charge in [0.05, 0.1) is 20.3 Å². The maximum Gasteiger partial charge on any atom is 0.254 e. The SMILES string of the molecule is COc1ccc(C(=O)N2CC[C@H](O)C2)cc1OC. The van der Waals surface area contributed by atoms with Crippen LogP contribution in [0.4, 0.5) is 0 Å². The van der Waals surface area contributed by atoms with Crippen LogP contribution < -0.4 is 9.47 Å². The van der Waals surface area contributed by atoms with Gasteiger partial charge in [-0.05, 0) is 24.6 Å². The summed E-state index contributed by atoms with van der Waals surface area (Å²) >= 11 is 0. The molecular formula is C13H17NO4. The predicted molar refractivity (Wildman–Crippen MR) is 66.1 cm³/mol. The first-order valence-electron chi connectivity index (χ1n) is 5.85. The van der Waals surface area contributed by atoms with E-state index >= 15 is 0 Å². The van der Waals surface area contributed by atoms with Crippen molar-refractivity contribution in [2.45, 2.75) is 12.5 Å². The van der Waals surface area contributed by atoms with Gasteiger partial charge in [-0.15, -0.1) is 0 Å². The molecule has 2 rings (SSSR count). The van der Waals surface area contributed by atoms with Crippen molar-refractivity contribution >= 4 is 5.91 Å². The van der Waals surface area contributed by atoms with E-state index in [0.717, 1.165) is 0 Å². The number of ether oxygens (including phenoxy) is 2. The Kier molecular flexibility index (Phi) is 3.72. The third-order valence-electron chi connectivity index (χ3n) is 3.08. The van der Waals surface area contributed by atoms with Gasteiger partial charge in [-0.25, -0.2) is 0 Å². The highest BCUT2D eigenvalue weighted by atomic mass is 16.5. The molecule has 0 radical (unpaired) electrons. The molecule has 1 amide bonds. The van der Waals surface area contributed by atoms with E-state index in [0.29, 0.717) is 36.6 Å². The lowest BCUT2D eigenvalue weighted by atomic mass is 10.2. The number of nitrogens with zero attached hydrogens (tertiary/aromatic N) is 1. The van der Waals surface area contributed by atoms with Crippen molar-refractivity contribution in [1.82, 2.24) is 4.90 Å². The van der Waals surface area contributed by atoms with Gasteiger partial charge in [0.1, 0.15) is 0 Å². The molecule has 0 bridgehead atoms. The Morgan fingerprint density at radius 3 is 2.61 bits per heavy atom. The summed E-state index contributed by atoms with van der Waals surface area (Å²) < 4.78 is 10.3. The minimum atomic E-state index is -0.408. The summed E-state index contributed by atoms with van der Waals surface area (Å²) in [7, 11) is 3.09. The van der Waals surface area contributed by atoms with E-state index < -0.39 is 6.10 Å². The molecule has 1 aliphatic heterocycles. The molecule has 1 aliphatic rings. The number of carbonyl (C=O) groups excluding carboxylic acids is 1. The van der Waals surface area contributed by atoms with Gasteiger partial charge in [0.25, 0.3) is 5.91 Å². The number of hydrogen-bond donors (Lipinski definition) is 1. The van der Waals surface area contributed by atoms with E-state index in [4.69, 9.17) is 9.47 Å². The molecule has 1 atom stereocenters. The average molecular weight is 251 g/mol. The lowest BCUT2D eigenvalue weighted by Crippen LogP contribution is -2.29. The number of aliphatic hydroxyl groups is 1. The number of aliphatic hydroxyl groups excluding tert-OH is 1. The third kappa shape index (κ3) is 2.41. The molecule has 0 spiro atoms. The lowest BCUT2D eigenvalue weighted by molar-refractivity contribution is 0.0764. The second-order valence-electron chi connectivity index (χ2n) is 4.26. The fourth-order valence-corrected chi connectivity index (χ4v) is 2.08. The van der Waals surface area contributed by atoms with Gasteiger partial charge in [-0.1, -0.05) is 0 Å². The highest BCUT2D eigenvalue weighted by Gasteiger charge is 2.25. The summed E-state index contributed by atoms with van der Waals surface area (Å²) in [6, 6.07) is 5.07. The number of rotatable bonds is 3. The molecule has 0 aliphatic carbocycles. The van der Waals surface area contributed by atoms with Crippen molar-refractivity contribution in [3.05, 3.63) is 23.8 Å². The average Bonchev–Trinajstić information content (AvgIpc) is 2.83. The van der Waals surface area contributed by atoms with Gasteiger partial charge >= 0.3 is 0 Å². The van der Waals surface area contributed by atoms with Crippen LogP contribution in [-0.4, -0.2) is 49.3 Å². The quantitative estimate of drug-likeness (QED) is 0.867. The van der Waals surface area contributed by atoms with Crippen LogP contribution in [0.5, 0.6) is 11.5 Å². The molecule has 1 saturated heterocycles. The van der Waals surface area contributed by atoms with Gasteiger partial charge in [-0.2, -0.15) is 0 Å². The maximum atomic E-state index is 12.2. The minimum Gasteiger partial charge on any atom is -0.493 e. The summed E-state index contributed by atoms with van der Waals surface area (Å²) in [6.45, 7) is 0.988. The first kappa shape index (κ1) is 12.7. The van der Waals surface area contributed by atoms with Gasteiger partial charge in [-0.3, -0.25) is 4.79 Å². The summed E-state index contributed by atoms with van der Waals surface area (Å²) in [5.74, 6) is 1.03. The van der Waals surface area contributed by atoms with Crippen molar-refractivity contribution in [1.29, 1.82) is 0 Å². The molecule has 1 heterocycles. The predicted octanol–water partition coefficient (Wildman–Crippen LogP) is 0.911. The van der Waals surface area contributed by atoms with Crippen LogP contribution in [0.15, 0.2) is 18.2 Å². The number of carbonyl (C=O) groups is 1. The fourth-order valence-electron chi connectivity index (χ4n) is 2.08. The fraction of sp³-hybridized carbons (Fsp3) is 0.462. The van der Waals surface area contributed by atoms with Crippen LogP contribution in [0, 0.1) is 0 Å². The molecule has 0 unspecified atom stereocenters. The summed E-state index contributed by atoms with van der Waals surface area (Å²) in [4.78, 5) is 13.8. The van der Waals surface area contributed by atoms with Crippen LogP contribution in [0.2, 0.25) is 0 Å². The van der Waals surface area contributed by atoms with Gasteiger partial charge in [0.15, 0.2) is 11.5 Å². The number of likely N-dealkylation sites (tertiary alicyclic amines) is 1. The van der Waals surface area contributed by atoms with E-state index in [9.17, 15) is 9.90 Å². The maximum absolute atomic E-state index is 12.2. The number of benzene rings is 1. The molecule has 1 N–H and O–H groups in total. The summed E-state index contributed by atoms with van der Waals surface area (Å²) in [5.41, 5.74) is 0.543. The number of β-amino-alcohol motifs (C(OH)–C–C–N with tert-alkyl or cyclic N) is 1. The Bertz CT molecular complexity index is 447. The minimum absolute atomic E-state index is 0.0903. The molecule has 5 heteroatoms. The summed E-state index contributed by atoms with van der Waals surface area (Å²) in [5, 5.41) is 9.44. The van der Waals surface area contributed by atoms with Crippen LogP contribution >= 0.6 is 0 Å². The molecule has 0 saturated carbocycles. The van der Waals surface area contributed by atoms with Crippen molar-refractivity contribution < 1.29 is 19.4 Å². The van der Waals surface area contributed by atoms with Crippen molar-refractivity contribution in [2.24, 2.45) is 0 Å². The van der Waals surface area contributed by atoms with E-state index in [1.165, 1.54) is 7.11 Å². The van der Waals surface area contributed by atoms with E-state index in [1.807, 2.05) is 0 Å².